The standard InChI is InChI=1S/C17H11NO3/c19-11-6-5-10-7-13(17(20)21-16(10)8-11)14-9-18-15-4-2-1-3-12(14)15/h1-9,18-19H. The van der Waals surface area contributed by atoms with Crippen LogP contribution in [0.5, 0.6) is 5.75 Å². The predicted molar refractivity (Wildman–Crippen MR) is 81.4 cm³/mol. The molecule has 0 saturated heterocycles. The Labute approximate surface area is 119 Å². The third-order valence-corrected chi connectivity index (χ3v) is 3.60. The average molecular weight is 277 g/mol. The molecule has 0 aliphatic heterocycles. The van der Waals surface area contributed by atoms with Crippen molar-refractivity contribution >= 4 is 21.9 Å². The van der Waals surface area contributed by atoms with Crippen LogP contribution in [0, 0.1) is 0 Å². The Bertz CT molecular complexity index is 1030. The van der Waals surface area contributed by atoms with Crippen LogP contribution in [0.3, 0.4) is 0 Å². The number of rotatable bonds is 1. The van der Waals surface area contributed by atoms with E-state index in [1.54, 1.807) is 18.2 Å². The van der Waals surface area contributed by atoms with Crippen molar-refractivity contribution in [3.63, 3.8) is 0 Å². The second-order valence-corrected chi connectivity index (χ2v) is 4.92. The summed E-state index contributed by atoms with van der Waals surface area (Å²) in [6, 6.07) is 14.3. The zero-order valence-electron chi connectivity index (χ0n) is 11.0. The van der Waals surface area contributed by atoms with Crippen LogP contribution in [0.15, 0.2) is 63.9 Å². The Morgan fingerprint density at radius 2 is 1.86 bits per heavy atom. The molecule has 4 rings (SSSR count). The van der Waals surface area contributed by atoms with Crippen molar-refractivity contribution in [2.45, 2.75) is 0 Å². The van der Waals surface area contributed by atoms with Gasteiger partial charge in [-0.2, -0.15) is 0 Å². The van der Waals surface area contributed by atoms with Gasteiger partial charge in [0.05, 0.1) is 5.56 Å². The van der Waals surface area contributed by atoms with Crippen LogP contribution in [0.1, 0.15) is 0 Å². The van der Waals surface area contributed by atoms with Crippen LogP contribution in [-0.4, -0.2) is 10.1 Å². The number of phenolic OH excluding ortho intramolecular Hbond substituents is 1. The van der Waals surface area contributed by atoms with Crippen molar-refractivity contribution in [1.82, 2.24) is 4.98 Å². The van der Waals surface area contributed by atoms with E-state index < -0.39 is 5.63 Å². The number of hydrogen-bond acceptors (Lipinski definition) is 3. The van der Waals surface area contributed by atoms with Crippen LogP contribution in [0.4, 0.5) is 0 Å². The molecule has 102 valence electrons. The molecule has 0 aliphatic carbocycles. The van der Waals surface area contributed by atoms with E-state index in [1.807, 2.05) is 30.5 Å². The molecular formula is C17H11NO3. The number of aromatic nitrogens is 1. The Kier molecular flexibility index (Phi) is 2.38. The minimum absolute atomic E-state index is 0.0745. The van der Waals surface area contributed by atoms with Gasteiger partial charge >= 0.3 is 5.63 Å². The van der Waals surface area contributed by atoms with Crippen LogP contribution < -0.4 is 5.63 Å². The summed E-state index contributed by atoms with van der Waals surface area (Å²) in [6.45, 7) is 0. The monoisotopic (exact) mass is 277 g/mol. The normalized spacial score (nSPS) is 11.2. The first-order valence-electron chi connectivity index (χ1n) is 6.56. The Hall–Kier alpha value is -3.01. The number of nitrogens with one attached hydrogen (secondary N) is 1. The molecule has 4 heteroatoms. The molecule has 0 fully saturated rings. The Morgan fingerprint density at radius 1 is 1.00 bits per heavy atom. The number of hydrogen-bond donors (Lipinski definition) is 2. The lowest BCUT2D eigenvalue weighted by Gasteiger charge is -2.02. The highest BCUT2D eigenvalue weighted by Crippen LogP contribution is 2.29. The molecule has 4 nitrogen and oxygen atoms in total. The van der Waals surface area contributed by atoms with Crippen LogP contribution >= 0.6 is 0 Å². The van der Waals surface area contributed by atoms with Gasteiger partial charge in [-0.3, -0.25) is 0 Å². The fraction of sp³-hybridized carbons (Fsp3) is 0. The molecule has 0 spiro atoms. The average Bonchev–Trinajstić information content (AvgIpc) is 2.90. The fourth-order valence-corrected chi connectivity index (χ4v) is 2.58. The second kappa shape index (κ2) is 4.24. The summed E-state index contributed by atoms with van der Waals surface area (Å²) in [7, 11) is 0. The number of aromatic amines is 1. The largest absolute Gasteiger partial charge is 0.508 e. The highest BCUT2D eigenvalue weighted by molar-refractivity contribution is 5.96. The first kappa shape index (κ1) is 11.8. The number of para-hydroxylation sites is 1. The highest BCUT2D eigenvalue weighted by atomic mass is 16.4. The van der Waals surface area contributed by atoms with Gasteiger partial charge in [0.2, 0.25) is 0 Å². The molecular weight excluding hydrogens is 266 g/mol. The van der Waals surface area contributed by atoms with E-state index in [0.717, 1.165) is 21.9 Å². The maximum absolute atomic E-state index is 12.2. The molecule has 0 aliphatic rings. The van der Waals surface area contributed by atoms with Gasteiger partial charge in [-0.25, -0.2) is 4.79 Å². The molecule has 21 heavy (non-hydrogen) atoms. The minimum atomic E-state index is -0.419. The Balaban J connectivity index is 2.04. The van der Waals surface area contributed by atoms with Crippen molar-refractivity contribution in [1.29, 1.82) is 0 Å². The lowest BCUT2D eigenvalue weighted by atomic mass is 10.1. The lowest BCUT2D eigenvalue weighted by Crippen LogP contribution is -2.02. The van der Waals surface area contributed by atoms with E-state index in [0.29, 0.717) is 11.1 Å². The van der Waals surface area contributed by atoms with Crippen LogP contribution in [0.25, 0.3) is 33.0 Å². The molecule has 0 radical (unpaired) electrons. The Morgan fingerprint density at radius 3 is 2.76 bits per heavy atom. The maximum Gasteiger partial charge on any atom is 0.344 e. The summed E-state index contributed by atoms with van der Waals surface area (Å²) in [5, 5.41) is 11.2. The maximum atomic E-state index is 12.2. The SMILES string of the molecule is O=c1oc2cc(O)ccc2cc1-c1c[nH]c2ccccc12. The van der Waals surface area contributed by atoms with Gasteiger partial charge in [0.1, 0.15) is 11.3 Å². The van der Waals surface area contributed by atoms with Crippen molar-refractivity contribution in [2.75, 3.05) is 0 Å². The summed E-state index contributed by atoms with van der Waals surface area (Å²) in [5.41, 5.74) is 2.25. The summed E-state index contributed by atoms with van der Waals surface area (Å²) in [6.07, 6.45) is 1.81. The molecule has 2 N–H and O–H groups in total. The van der Waals surface area contributed by atoms with E-state index in [-0.39, 0.29) is 5.75 Å². The topological polar surface area (TPSA) is 66.2 Å². The predicted octanol–water partition coefficient (Wildman–Crippen LogP) is 3.65. The van der Waals surface area contributed by atoms with E-state index in [1.165, 1.54) is 6.07 Å². The van der Waals surface area contributed by atoms with E-state index in [4.69, 9.17) is 4.42 Å². The smallest absolute Gasteiger partial charge is 0.344 e. The van der Waals surface area contributed by atoms with Gasteiger partial charge in [0.25, 0.3) is 0 Å². The zero-order chi connectivity index (χ0) is 14.4. The van der Waals surface area contributed by atoms with Gasteiger partial charge in [-0.1, -0.05) is 18.2 Å². The summed E-state index contributed by atoms with van der Waals surface area (Å²) in [5.74, 6) is 0.0745. The molecule has 2 aromatic carbocycles. The summed E-state index contributed by atoms with van der Waals surface area (Å²) < 4.78 is 5.32. The van der Waals surface area contributed by atoms with Gasteiger partial charge in [-0.15, -0.1) is 0 Å². The molecule has 2 aromatic heterocycles. The number of H-pyrrole nitrogens is 1. The third kappa shape index (κ3) is 1.80. The first-order valence-corrected chi connectivity index (χ1v) is 6.56. The second-order valence-electron chi connectivity index (χ2n) is 4.92. The van der Waals surface area contributed by atoms with E-state index in [9.17, 15) is 9.90 Å². The molecule has 0 saturated carbocycles. The summed E-state index contributed by atoms with van der Waals surface area (Å²) in [4.78, 5) is 15.4. The number of phenols is 1. The van der Waals surface area contributed by atoms with Crippen molar-refractivity contribution in [3.05, 3.63) is 65.1 Å². The molecule has 0 bridgehead atoms. The molecule has 0 unspecified atom stereocenters. The molecule has 0 amide bonds. The highest BCUT2D eigenvalue weighted by Gasteiger charge is 2.12. The quantitative estimate of drug-likeness (QED) is 0.522. The zero-order valence-corrected chi connectivity index (χ0v) is 11.0. The van der Waals surface area contributed by atoms with Gasteiger partial charge in [0.15, 0.2) is 0 Å². The summed E-state index contributed by atoms with van der Waals surface area (Å²) >= 11 is 0. The molecule has 0 atom stereocenters. The third-order valence-electron chi connectivity index (χ3n) is 3.60. The minimum Gasteiger partial charge on any atom is -0.508 e. The van der Waals surface area contributed by atoms with Gasteiger partial charge in [0, 0.05) is 34.1 Å². The van der Waals surface area contributed by atoms with Gasteiger partial charge < -0.3 is 14.5 Å². The number of fused-ring (bicyclic) bond motifs is 2. The van der Waals surface area contributed by atoms with Gasteiger partial charge in [-0.05, 0) is 24.3 Å². The molecule has 4 aromatic rings. The first-order chi connectivity index (χ1) is 10.2. The lowest BCUT2D eigenvalue weighted by molar-refractivity contribution is 0.473. The van der Waals surface area contributed by atoms with Crippen LogP contribution in [-0.2, 0) is 0 Å². The number of benzene rings is 2. The van der Waals surface area contributed by atoms with Crippen molar-refractivity contribution < 1.29 is 9.52 Å². The fourth-order valence-electron chi connectivity index (χ4n) is 2.58. The van der Waals surface area contributed by atoms with Crippen molar-refractivity contribution in [2.24, 2.45) is 0 Å². The van der Waals surface area contributed by atoms with Crippen LogP contribution in [0.2, 0.25) is 0 Å². The van der Waals surface area contributed by atoms with Crippen molar-refractivity contribution in [3.8, 4) is 16.9 Å². The molecule has 2 heterocycles. The number of aromatic hydroxyl groups is 1. The van der Waals surface area contributed by atoms with E-state index >= 15 is 0 Å². The van der Waals surface area contributed by atoms with E-state index in [2.05, 4.69) is 4.98 Å².